The Kier molecular flexibility index (Phi) is 2.83. The zero-order chi connectivity index (χ0) is 13.6. The third kappa shape index (κ3) is 1.55. The smallest absolute Gasteiger partial charge is 0.334 e. The lowest BCUT2D eigenvalue weighted by Crippen LogP contribution is -2.53. The standard InChI is InChI=1S/C14H16O5/c1-17-13(16)10-6-11(15)14(18-2)12-8(7-19-14)4-3-5-9(10)12/h3-4,6,8-9,12H,5,7H2,1-2H3/t8-,9+,12+,14-/m0/s1. The van der Waals surface area contributed by atoms with Crippen molar-refractivity contribution >= 4 is 11.8 Å². The first-order valence-corrected chi connectivity index (χ1v) is 6.34. The van der Waals surface area contributed by atoms with Gasteiger partial charge in [-0.25, -0.2) is 4.79 Å². The highest BCUT2D eigenvalue weighted by molar-refractivity contribution is 6.05. The Balaban J connectivity index is 2.10. The number of rotatable bonds is 2. The van der Waals surface area contributed by atoms with E-state index in [-0.39, 0.29) is 23.5 Å². The number of ether oxygens (including phenoxy) is 3. The van der Waals surface area contributed by atoms with E-state index in [2.05, 4.69) is 6.08 Å². The van der Waals surface area contributed by atoms with Gasteiger partial charge >= 0.3 is 5.97 Å². The molecule has 0 radical (unpaired) electrons. The van der Waals surface area contributed by atoms with Gasteiger partial charge in [0.05, 0.1) is 13.7 Å². The van der Waals surface area contributed by atoms with Crippen LogP contribution in [0.5, 0.6) is 0 Å². The SMILES string of the molecule is COC(=O)C1=CC(=O)[C@]2(OC)OC[C@@H]3C=CC[C@H]1[C@@H]32. The van der Waals surface area contributed by atoms with E-state index in [0.717, 1.165) is 0 Å². The maximum Gasteiger partial charge on any atom is 0.334 e. The quantitative estimate of drug-likeness (QED) is 0.546. The highest BCUT2D eigenvalue weighted by Crippen LogP contribution is 2.51. The Morgan fingerprint density at radius 2 is 2.26 bits per heavy atom. The summed E-state index contributed by atoms with van der Waals surface area (Å²) in [5.41, 5.74) is 0.435. The van der Waals surface area contributed by atoms with Crippen LogP contribution in [0.4, 0.5) is 0 Å². The molecule has 5 heteroatoms. The summed E-state index contributed by atoms with van der Waals surface area (Å²) in [6.07, 6.45) is 6.12. The molecule has 0 aromatic carbocycles. The predicted octanol–water partition coefficient (Wildman–Crippen LogP) is 0.850. The summed E-state index contributed by atoms with van der Waals surface area (Å²) in [6.45, 7) is 0.444. The molecule has 3 aliphatic rings. The zero-order valence-corrected chi connectivity index (χ0v) is 10.9. The Morgan fingerprint density at radius 3 is 2.95 bits per heavy atom. The lowest BCUT2D eigenvalue weighted by Gasteiger charge is -2.41. The van der Waals surface area contributed by atoms with Crippen LogP contribution in [0.15, 0.2) is 23.8 Å². The molecule has 0 N–H and O–H groups in total. The molecule has 0 unspecified atom stereocenters. The number of hydrogen-bond donors (Lipinski definition) is 0. The minimum atomic E-state index is -1.22. The highest BCUT2D eigenvalue weighted by atomic mass is 16.7. The van der Waals surface area contributed by atoms with Crippen molar-refractivity contribution < 1.29 is 23.8 Å². The van der Waals surface area contributed by atoms with Gasteiger partial charge in [0.2, 0.25) is 11.6 Å². The summed E-state index contributed by atoms with van der Waals surface area (Å²) < 4.78 is 15.9. The van der Waals surface area contributed by atoms with Crippen molar-refractivity contribution in [3.05, 3.63) is 23.8 Å². The first kappa shape index (κ1) is 12.6. The van der Waals surface area contributed by atoms with E-state index in [1.54, 1.807) is 0 Å². The molecule has 0 amide bonds. The van der Waals surface area contributed by atoms with Crippen molar-refractivity contribution in [2.75, 3.05) is 20.8 Å². The number of allylic oxidation sites excluding steroid dienone is 1. The topological polar surface area (TPSA) is 61.8 Å². The van der Waals surface area contributed by atoms with Gasteiger partial charge in [0, 0.05) is 30.4 Å². The van der Waals surface area contributed by atoms with Crippen LogP contribution in [0.25, 0.3) is 0 Å². The number of carbonyl (C=O) groups excluding carboxylic acids is 2. The monoisotopic (exact) mass is 264 g/mol. The molecular formula is C14H16O5. The van der Waals surface area contributed by atoms with Crippen LogP contribution in [0.2, 0.25) is 0 Å². The van der Waals surface area contributed by atoms with E-state index in [4.69, 9.17) is 14.2 Å². The third-order valence-corrected chi connectivity index (χ3v) is 4.35. The summed E-state index contributed by atoms with van der Waals surface area (Å²) in [4.78, 5) is 24.2. The van der Waals surface area contributed by atoms with Gasteiger partial charge in [-0.15, -0.1) is 0 Å². The number of hydrogen-bond acceptors (Lipinski definition) is 5. The van der Waals surface area contributed by atoms with Gasteiger partial charge in [-0.1, -0.05) is 12.2 Å². The molecule has 4 atom stereocenters. The second-order valence-electron chi connectivity index (χ2n) is 5.10. The lowest BCUT2D eigenvalue weighted by atomic mass is 9.66. The van der Waals surface area contributed by atoms with E-state index in [0.29, 0.717) is 18.6 Å². The van der Waals surface area contributed by atoms with Crippen molar-refractivity contribution in [1.82, 2.24) is 0 Å². The molecule has 1 heterocycles. The highest BCUT2D eigenvalue weighted by Gasteiger charge is 2.61. The Morgan fingerprint density at radius 1 is 1.47 bits per heavy atom. The van der Waals surface area contributed by atoms with Crippen LogP contribution in [-0.2, 0) is 23.8 Å². The molecule has 0 aromatic heterocycles. The largest absolute Gasteiger partial charge is 0.466 e. The third-order valence-electron chi connectivity index (χ3n) is 4.35. The van der Waals surface area contributed by atoms with E-state index in [1.165, 1.54) is 20.3 Å². The molecule has 0 bridgehead atoms. The summed E-state index contributed by atoms with van der Waals surface area (Å²) in [5.74, 6) is -2.08. The van der Waals surface area contributed by atoms with Crippen molar-refractivity contribution in [2.45, 2.75) is 12.2 Å². The maximum absolute atomic E-state index is 12.3. The molecule has 102 valence electrons. The predicted molar refractivity (Wildman–Crippen MR) is 65.0 cm³/mol. The number of methoxy groups -OCH3 is 2. The molecule has 1 saturated heterocycles. The molecular weight excluding hydrogens is 248 g/mol. The average Bonchev–Trinajstić information content (AvgIpc) is 2.84. The van der Waals surface area contributed by atoms with E-state index >= 15 is 0 Å². The molecule has 3 rings (SSSR count). The van der Waals surface area contributed by atoms with E-state index in [9.17, 15) is 9.59 Å². The fraction of sp³-hybridized carbons (Fsp3) is 0.571. The number of ketones is 1. The van der Waals surface area contributed by atoms with Gasteiger partial charge in [0.15, 0.2) is 0 Å². The fourth-order valence-electron chi connectivity index (χ4n) is 3.52. The Bertz CT molecular complexity index is 492. The van der Waals surface area contributed by atoms with Crippen molar-refractivity contribution in [3.8, 4) is 0 Å². The zero-order valence-electron chi connectivity index (χ0n) is 10.9. The van der Waals surface area contributed by atoms with Gasteiger partial charge in [0.25, 0.3) is 0 Å². The second kappa shape index (κ2) is 4.28. The first-order chi connectivity index (χ1) is 9.14. The minimum absolute atomic E-state index is 0.0809. The summed E-state index contributed by atoms with van der Waals surface area (Å²) in [7, 11) is 2.81. The summed E-state index contributed by atoms with van der Waals surface area (Å²) >= 11 is 0. The molecule has 2 aliphatic carbocycles. The molecule has 5 nitrogen and oxygen atoms in total. The Hall–Kier alpha value is -1.46. The Labute approximate surface area is 111 Å². The van der Waals surface area contributed by atoms with Gasteiger partial charge in [-0.05, 0) is 12.5 Å². The lowest BCUT2D eigenvalue weighted by molar-refractivity contribution is -0.216. The van der Waals surface area contributed by atoms with Crippen molar-refractivity contribution in [1.29, 1.82) is 0 Å². The van der Waals surface area contributed by atoms with Gasteiger partial charge in [-0.2, -0.15) is 0 Å². The van der Waals surface area contributed by atoms with Crippen LogP contribution < -0.4 is 0 Å². The van der Waals surface area contributed by atoms with Crippen LogP contribution in [0.1, 0.15) is 6.42 Å². The molecule has 0 aromatic rings. The van der Waals surface area contributed by atoms with E-state index < -0.39 is 11.8 Å². The molecule has 1 aliphatic heterocycles. The molecule has 19 heavy (non-hydrogen) atoms. The van der Waals surface area contributed by atoms with E-state index in [1.807, 2.05) is 6.08 Å². The molecule has 0 spiro atoms. The number of carbonyl (C=O) groups is 2. The molecule has 1 fully saturated rings. The van der Waals surface area contributed by atoms with Gasteiger partial charge in [-0.3, -0.25) is 4.79 Å². The second-order valence-corrected chi connectivity index (χ2v) is 5.10. The average molecular weight is 264 g/mol. The normalized spacial score (nSPS) is 39.8. The maximum atomic E-state index is 12.3. The summed E-state index contributed by atoms with van der Waals surface area (Å²) in [5, 5.41) is 0. The fourth-order valence-corrected chi connectivity index (χ4v) is 3.52. The minimum Gasteiger partial charge on any atom is -0.466 e. The van der Waals surface area contributed by atoms with Gasteiger partial charge < -0.3 is 14.2 Å². The molecule has 0 saturated carbocycles. The van der Waals surface area contributed by atoms with Gasteiger partial charge in [0.1, 0.15) is 0 Å². The van der Waals surface area contributed by atoms with Crippen LogP contribution in [0.3, 0.4) is 0 Å². The van der Waals surface area contributed by atoms with Crippen molar-refractivity contribution in [3.63, 3.8) is 0 Å². The van der Waals surface area contributed by atoms with Crippen LogP contribution in [0, 0.1) is 17.8 Å². The van der Waals surface area contributed by atoms with Crippen molar-refractivity contribution in [2.24, 2.45) is 17.8 Å². The summed E-state index contributed by atoms with van der Waals surface area (Å²) in [6, 6.07) is 0. The number of esters is 1. The first-order valence-electron chi connectivity index (χ1n) is 6.34. The van der Waals surface area contributed by atoms with Crippen LogP contribution >= 0.6 is 0 Å². The van der Waals surface area contributed by atoms with Crippen LogP contribution in [-0.4, -0.2) is 38.4 Å².